The molecule has 1 N–H and O–H groups in total. The first-order valence-electron chi connectivity index (χ1n) is 3.06. The Labute approximate surface area is 93.2 Å². The molecule has 0 saturated heterocycles. The summed E-state index contributed by atoms with van der Waals surface area (Å²) in [5.74, 6) is -0.423. The fraction of sp³-hybridized carbons (Fsp3) is 0.889. The third-order valence-corrected chi connectivity index (χ3v) is 0.968. The second kappa shape index (κ2) is 18.6. The fourth-order valence-electron chi connectivity index (χ4n) is 0.433. The van der Waals surface area contributed by atoms with Crippen LogP contribution >= 0.6 is 0 Å². The molecule has 0 fully saturated rings. The number of nitrogens with zero attached hydrogens (tertiary/aromatic N) is 1. The van der Waals surface area contributed by atoms with E-state index in [9.17, 15) is 14.9 Å². The van der Waals surface area contributed by atoms with Crippen LogP contribution in [0.1, 0.15) is 29.7 Å². The Morgan fingerprint density at radius 2 is 1.80 bits per heavy atom. The van der Waals surface area contributed by atoms with Crippen molar-refractivity contribution in [3.63, 3.8) is 0 Å². The Bertz CT molecular complexity index is 151. The largest absolute Gasteiger partial charge is 0.468 e. The van der Waals surface area contributed by atoms with Gasteiger partial charge in [0.15, 0.2) is 0 Å². The molecule has 0 radical (unpaired) electrons. The molecule has 0 aliphatic heterocycles. The number of nitro groups is 1. The van der Waals surface area contributed by atoms with Crippen LogP contribution in [-0.2, 0) is 9.53 Å². The minimum atomic E-state index is -0.454. The van der Waals surface area contributed by atoms with Gasteiger partial charge in [-0.2, -0.15) is 0 Å². The molecule has 0 heterocycles. The van der Waals surface area contributed by atoms with E-state index in [-0.39, 0.29) is 49.3 Å². The molecule has 15 heavy (non-hydrogen) atoms. The summed E-state index contributed by atoms with van der Waals surface area (Å²) in [7, 11) is 1.26. The molecule has 0 rings (SSSR count). The highest BCUT2D eigenvalue weighted by molar-refractivity contribution is 5.71. The predicted octanol–water partition coefficient (Wildman–Crippen LogP) is 1.57. The summed E-state index contributed by atoms with van der Waals surface area (Å²) in [6.45, 7) is 0.0173. The van der Waals surface area contributed by atoms with Crippen molar-refractivity contribution in [2.24, 2.45) is 0 Å². The summed E-state index contributed by atoms with van der Waals surface area (Å²) >= 11 is 0. The van der Waals surface area contributed by atoms with Crippen molar-refractivity contribution >= 4 is 5.97 Å². The van der Waals surface area contributed by atoms with Gasteiger partial charge in [0.2, 0.25) is 6.54 Å². The maximum Gasteiger partial charge on any atom is 0.319 e. The van der Waals surface area contributed by atoms with Crippen LogP contribution in [-0.4, -0.2) is 37.6 Å². The quantitative estimate of drug-likeness (QED) is 0.333. The molecule has 96 valence electrons. The van der Waals surface area contributed by atoms with Gasteiger partial charge in [0, 0.05) is 4.92 Å². The Balaban J connectivity index is -0.0000000833. The van der Waals surface area contributed by atoms with E-state index in [4.69, 9.17) is 0 Å². The van der Waals surface area contributed by atoms with Crippen LogP contribution in [0.5, 0.6) is 0 Å². The average molecular weight is 226 g/mol. The third kappa shape index (κ3) is 24.5. The molecule has 0 aromatic carbocycles. The SMILES string of the molecule is C.C.C.C.COC(=O)CNCC[N+](=O)[O-]. The molecule has 0 atom stereocenters. The van der Waals surface area contributed by atoms with E-state index in [0.717, 1.165) is 0 Å². The van der Waals surface area contributed by atoms with E-state index in [2.05, 4.69) is 10.1 Å². The molecule has 0 aromatic rings. The first-order chi connectivity index (χ1) is 5.16. The number of hydrogen-bond acceptors (Lipinski definition) is 5. The van der Waals surface area contributed by atoms with Crippen molar-refractivity contribution in [1.82, 2.24) is 5.32 Å². The Morgan fingerprint density at radius 1 is 1.33 bits per heavy atom. The summed E-state index contributed by atoms with van der Waals surface area (Å²) in [6, 6.07) is 0. The van der Waals surface area contributed by atoms with Gasteiger partial charge in [0.1, 0.15) is 0 Å². The lowest BCUT2D eigenvalue weighted by Crippen LogP contribution is -2.28. The summed E-state index contributed by atoms with van der Waals surface area (Å²) in [5, 5.41) is 12.3. The second-order valence-corrected chi connectivity index (χ2v) is 1.81. The predicted molar refractivity (Wildman–Crippen MR) is 63.7 cm³/mol. The first kappa shape index (κ1) is 29.2. The van der Waals surface area contributed by atoms with Crippen LogP contribution in [0.3, 0.4) is 0 Å². The summed E-state index contributed by atoms with van der Waals surface area (Å²) in [6.07, 6.45) is 0. The zero-order valence-corrected chi connectivity index (χ0v) is 6.20. The normalized spacial score (nSPS) is 6.73. The maximum atomic E-state index is 10.4. The third-order valence-electron chi connectivity index (χ3n) is 0.968. The van der Waals surface area contributed by atoms with E-state index in [1.54, 1.807) is 0 Å². The zero-order chi connectivity index (χ0) is 8.69. The van der Waals surface area contributed by atoms with Crippen LogP contribution in [0.25, 0.3) is 0 Å². The van der Waals surface area contributed by atoms with Crippen LogP contribution in [0.15, 0.2) is 0 Å². The van der Waals surface area contributed by atoms with E-state index >= 15 is 0 Å². The second-order valence-electron chi connectivity index (χ2n) is 1.81. The van der Waals surface area contributed by atoms with Crippen molar-refractivity contribution in [2.45, 2.75) is 29.7 Å². The van der Waals surface area contributed by atoms with E-state index in [1.165, 1.54) is 7.11 Å². The Morgan fingerprint density at radius 3 is 2.13 bits per heavy atom. The van der Waals surface area contributed by atoms with Crippen molar-refractivity contribution in [1.29, 1.82) is 0 Å². The highest BCUT2D eigenvalue weighted by Crippen LogP contribution is 1.70. The van der Waals surface area contributed by atoms with Gasteiger partial charge >= 0.3 is 5.97 Å². The molecule has 0 amide bonds. The number of methoxy groups -OCH3 is 1. The minimum Gasteiger partial charge on any atom is -0.468 e. The molecule has 0 saturated carbocycles. The number of ether oxygens (including phenoxy) is 1. The smallest absolute Gasteiger partial charge is 0.319 e. The highest BCUT2D eigenvalue weighted by atomic mass is 16.6. The van der Waals surface area contributed by atoms with Crippen molar-refractivity contribution in [3.8, 4) is 0 Å². The van der Waals surface area contributed by atoms with Crippen LogP contribution in [0.4, 0.5) is 0 Å². The molecular weight excluding hydrogens is 200 g/mol. The van der Waals surface area contributed by atoms with Crippen LogP contribution < -0.4 is 5.32 Å². The van der Waals surface area contributed by atoms with E-state index < -0.39 is 10.9 Å². The van der Waals surface area contributed by atoms with Gasteiger partial charge in [0.05, 0.1) is 20.2 Å². The average Bonchev–Trinajstić information content (AvgIpc) is 1.97. The molecule has 0 spiro atoms. The molecule has 0 unspecified atom stereocenters. The topological polar surface area (TPSA) is 81.5 Å². The van der Waals surface area contributed by atoms with Gasteiger partial charge in [-0.05, 0) is 0 Å². The van der Waals surface area contributed by atoms with Gasteiger partial charge in [0.25, 0.3) is 0 Å². The number of carbonyl (C=O) groups excluding carboxylic acids is 1. The molecule has 6 heteroatoms. The molecule has 6 nitrogen and oxygen atoms in total. The van der Waals surface area contributed by atoms with Gasteiger partial charge in [-0.1, -0.05) is 29.7 Å². The number of rotatable bonds is 5. The fourth-order valence-corrected chi connectivity index (χ4v) is 0.433. The van der Waals surface area contributed by atoms with Crippen molar-refractivity contribution in [2.75, 3.05) is 26.7 Å². The monoisotopic (exact) mass is 226 g/mol. The van der Waals surface area contributed by atoms with Gasteiger partial charge < -0.3 is 10.1 Å². The Kier molecular flexibility index (Phi) is 36.2. The molecule has 0 aliphatic rings. The molecule has 0 aliphatic carbocycles. The zero-order valence-electron chi connectivity index (χ0n) is 6.20. The van der Waals surface area contributed by atoms with Crippen LogP contribution in [0, 0.1) is 10.1 Å². The molecule has 0 bridgehead atoms. The number of hydrogen-bond donors (Lipinski definition) is 1. The van der Waals surface area contributed by atoms with Crippen LogP contribution in [0.2, 0.25) is 0 Å². The summed E-state index contributed by atoms with van der Waals surface area (Å²) in [4.78, 5) is 19.7. The summed E-state index contributed by atoms with van der Waals surface area (Å²) in [5.41, 5.74) is 0. The van der Waals surface area contributed by atoms with Crippen molar-refractivity contribution in [3.05, 3.63) is 10.1 Å². The number of carbonyl (C=O) groups is 1. The van der Waals surface area contributed by atoms with Crippen molar-refractivity contribution < 1.29 is 14.5 Å². The number of nitrogens with one attached hydrogen (secondary N) is 1. The minimum absolute atomic E-state index is 0. The van der Waals surface area contributed by atoms with Gasteiger partial charge in [-0.15, -0.1) is 0 Å². The van der Waals surface area contributed by atoms with E-state index in [1.807, 2.05) is 0 Å². The van der Waals surface area contributed by atoms with Gasteiger partial charge in [-0.3, -0.25) is 14.9 Å². The number of esters is 1. The summed E-state index contributed by atoms with van der Waals surface area (Å²) < 4.78 is 4.29. The van der Waals surface area contributed by atoms with E-state index in [0.29, 0.717) is 0 Å². The molecular formula is C9H26N2O4. The standard InChI is InChI=1S/C5H10N2O4.4CH4/c1-11-5(8)4-6-2-3-7(9)10;;;;/h6H,2-4H2,1H3;4*1H4. The lowest BCUT2D eigenvalue weighted by atomic mass is 10.6. The first-order valence-corrected chi connectivity index (χ1v) is 3.06. The van der Waals surface area contributed by atoms with Gasteiger partial charge in [-0.25, -0.2) is 0 Å². The Hall–Kier alpha value is -1.17. The highest BCUT2D eigenvalue weighted by Gasteiger charge is 2.00. The lowest BCUT2D eigenvalue weighted by Gasteiger charge is -1.98. The molecule has 0 aromatic heterocycles. The lowest BCUT2D eigenvalue weighted by molar-refractivity contribution is -0.477. The maximum absolute atomic E-state index is 10.4.